The maximum Gasteiger partial charge on any atom is 0.310 e. The first-order chi connectivity index (χ1) is 5.28. The molecule has 1 spiro atoms. The van der Waals surface area contributed by atoms with E-state index in [-0.39, 0.29) is 17.4 Å². The van der Waals surface area contributed by atoms with E-state index in [1.807, 2.05) is 0 Å². The molecule has 0 aromatic rings. The lowest BCUT2D eigenvalue weighted by atomic mass is 9.99. The van der Waals surface area contributed by atoms with Crippen LogP contribution in [0.3, 0.4) is 0 Å². The average molecular weight is 155 g/mol. The molecule has 0 amide bonds. The topological polar surface area (TPSA) is 38.3 Å². The first-order valence-corrected chi connectivity index (χ1v) is 4.11. The first kappa shape index (κ1) is 7.10. The van der Waals surface area contributed by atoms with Gasteiger partial charge in [0.2, 0.25) is 0 Å². The lowest BCUT2D eigenvalue weighted by Crippen LogP contribution is -2.34. The molecular weight excluding hydrogens is 142 g/mol. The summed E-state index contributed by atoms with van der Waals surface area (Å²) in [6.45, 7) is 0.972. The van der Waals surface area contributed by atoms with Crippen molar-refractivity contribution in [3.63, 3.8) is 0 Å². The fraction of sp³-hybridized carbons (Fsp3) is 0.875. The number of hydrogen-bond donors (Lipinski definition) is 1. The molecule has 2 aliphatic rings. The number of esters is 1. The van der Waals surface area contributed by atoms with Crippen LogP contribution in [0.15, 0.2) is 0 Å². The van der Waals surface area contributed by atoms with Crippen LogP contribution >= 0.6 is 0 Å². The third-order valence-electron chi connectivity index (χ3n) is 2.85. The van der Waals surface area contributed by atoms with Gasteiger partial charge in [-0.05, 0) is 25.8 Å². The number of carbonyl (C=O) groups excluding carboxylic acids is 1. The Morgan fingerprint density at radius 1 is 1.64 bits per heavy atom. The normalized spacial score (nSPS) is 32.3. The summed E-state index contributed by atoms with van der Waals surface area (Å²) in [4.78, 5) is 11.2. The number of ether oxygens (including phenoxy) is 1. The van der Waals surface area contributed by atoms with E-state index in [0.717, 1.165) is 25.8 Å². The summed E-state index contributed by atoms with van der Waals surface area (Å²) in [6.07, 6.45) is 3.24. The van der Waals surface area contributed by atoms with Gasteiger partial charge < -0.3 is 10.1 Å². The summed E-state index contributed by atoms with van der Waals surface area (Å²) in [6, 6.07) is 0. The molecule has 1 N–H and O–H groups in total. The molecule has 0 radical (unpaired) electrons. The van der Waals surface area contributed by atoms with Crippen LogP contribution in [0.1, 0.15) is 19.3 Å². The fourth-order valence-electron chi connectivity index (χ4n) is 2.01. The van der Waals surface area contributed by atoms with E-state index in [4.69, 9.17) is 4.74 Å². The van der Waals surface area contributed by atoms with Crippen molar-refractivity contribution in [3.05, 3.63) is 0 Å². The second kappa shape index (κ2) is 2.21. The smallest absolute Gasteiger partial charge is 0.310 e. The second-order valence-corrected chi connectivity index (χ2v) is 3.45. The van der Waals surface area contributed by atoms with E-state index in [2.05, 4.69) is 5.32 Å². The van der Waals surface area contributed by atoms with Gasteiger partial charge in [-0.2, -0.15) is 0 Å². The van der Waals surface area contributed by atoms with Crippen LogP contribution < -0.4 is 5.32 Å². The van der Waals surface area contributed by atoms with Gasteiger partial charge in [-0.25, -0.2) is 0 Å². The molecule has 11 heavy (non-hydrogen) atoms. The predicted molar refractivity (Wildman–Crippen MR) is 40.1 cm³/mol. The van der Waals surface area contributed by atoms with E-state index in [1.54, 1.807) is 0 Å². The minimum absolute atomic E-state index is 0.0347. The first-order valence-electron chi connectivity index (χ1n) is 4.11. The number of carbonyl (C=O) groups is 1. The van der Waals surface area contributed by atoms with Crippen molar-refractivity contribution in [2.24, 2.45) is 5.92 Å². The molecule has 2 fully saturated rings. The van der Waals surface area contributed by atoms with Gasteiger partial charge in [-0.1, -0.05) is 0 Å². The van der Waals surface area contributed by atoms with Crippen molar-refractivity contribution in [2.45, 2.75) is 24.8 Å². The molecule has 0 aromatic carbocycles. The molecule has 1 saturated carbocycles. The van der Waals surface area contributed by atoms with Crippen molar-refractivity contribution in [2.75, 3.05) is 13.7 Å². The summed E-state index contributed by atoms with van der Waals surface area (Å²) in [7, 11) is 1.47. The van der Waals surface area contributed by atoms with Crippen LogP contribution in [0.5, 0.6) is 0 Å². The molecule has 1 saturated heterocycles. The molecule has 3 nitrogen and oxygen atoms in total. The Morgan fingerprint density at radius 3 is 2.91 bits per heavy atom. The minimum atomic E-state index is -0.0347. The van der Waals surface area contributed by atoms with Gasteiger partial charge in [0.25, 0.3) is 0 Å². The molecule has 1 atom stereocenters. The quantitative estimate of drug-likeness (QED) is 0.553. The molecule has 1 unspecified atom stereocenters. The molecule has 0 aromatic heterocycles. The Balaban J connectivity index is 2.08. The van der Waals surface area contributed by atoms with E-state index in [9.17, 15) is 4.79 Å². The largest absolute Gasteiger partial charge is 0.469 e. The van der Waals surface area contributed by atoms with E-state index < -0.39 is 0 Å². The maximum atomic E-state index is 11.2. The molecule has 0 bridgehead atoms. The number of methoxy groups -OCH3 is 1. The Kier molecular flexibility index (Phi) is 1.42. The van der Waals surface area contributed by atoms with Crippen LogP contribution in [0.25, 0.3) is 0 Å². The monoisotopic (exact) mass is 155 g/mol. The third kappa shape index (κ3) is 0.948. The third-order valence-corrected chi connectivity index (χ3v) is 2.85. The van der Waals surface area contributed by atoms with Crippen molar-refractivity contribution in [1.82, 2.24) is 5.32 Å². The van der Waals surface area contributed by atoms with E-state index in [1.165, 1.54) is 7.11 Å². The van der Waals surface area contributed by atoms with Crippen molar-refractivity contribution < 1.29 is 9.53 Å². The number of rotatable bonds is 1. The van der Waals surface area contributed by atoms with Crippen molar-refractivity contribution in [1.29, 1.82) is 0 Å². The van der Waals surface area contributed by atoms with Crippen LogP contribution in [0, 0.1) is 5.92 Å². The van der Waals surface area contributed by atoms with Gasteiger partial charge in [0.15, 0.2) is 0 Å². The Bertz CT molecular complexity index is 187. The predicted octanol–water partition coefficient (Wildman–Crippen LogP) is 0.301. The lowest BCUT2D eigenvalue weighted by Gasteiger charge is -2.14. The second-order valence-electron chi connectivity index (χ2n) is 3.45. The van der Waals surface area contributed by atoms with E-state index in [0.29, 0.717) is 0 Å². The zero-order valence-electron chi connectivity index (χ0n) is 6.72. The lowest BCUT2D eigenvalue weighted by molar-refractivity contribution is -0.146. The zero-order chi connectivity index (χ0) is 7.90. The maximum absolute atomic E-state index is 11.2. The van der Waals surface area contributed by atoms with Gasteiger partial charge in [-0.15, -0.1) is 0 Å². The highest BCUT2D eigenvalue weighted by molar-refractivity contribution is 5.75. The fourth-order valence-corrected chi connectivity index (χ4v) is 2.01. The number of hydrogen-bond acceptors (Lipinski definition) is 3. The minimum Gasteiger partial charge on any atom is -0.469 e. The van der Waals surface area contributed by atoms with Crippen LogP contribution in [-0.4, -0.2) is 25.2 Å². The molecule has 3 heteroatoms. The molecule has 1 aliphatic carbocycles. The molecule has 1 aliphatic heterocycles. The van der Waals surface area contributed by atoms with Gasteiger partial charge in [0.1, 0.15) is 0 Å². The molecule has 1 heterocycles. The van der Waals surface area contributed by atoms with E-state index >= 15 is 0 Å². The van der Waals surface area contributed by atoms with Crippen molar-refractivity contribution in [3.8, 4) is 0 Å². The molecule has 62 valence electrons. The summed E-state index contributed by atoms with van der Waals surface area (Å²) in [5, 5.41) is 3.37. The van der Waals surface area contributed by atoms with Crippen molar-refractivity contribution >= 4 is 5.97 Å². The number of nitrogens with one attached hydrogen (secondary N) is 1. The SMILES string of the molecule is COC(=O)C1CCNC12CC2. The average Bonchev–Trinajstić information content (AvgIpc) is 2.63. The van der Waals surface area contributed by atoms with Gasteiger partial charge in [0.05, 0.1) is 13.0 Å². The molecular formula is C8H13NO2. The summed E-state index contributed by atoms with van der Waals surface area (Å²) >= 11 is 0. The Hall–Kier alpha value is -0.570. The highest BCUT2D eigenvalue weighted by atomic mass is 16.5. The van der Waals surface area contributed by atoms with Gasteiger partial charge in [0, 0.05) is 5.54 Å². The molecule has 2 rings (SSSR count). The van der Waals surface area contributed by atoms with Crippen LogP contribution in [0.2, 0.25) is 0 Å². The highest BCUT2D eigenvalue weighted by Gasteiger charge is 2.55. The van der Waals surface area contributed by atoms with Crippen LogP contribution in [0.4, 0.5) is 0 Å². The van der Waals surface area contributed by atoms with Gasteiger partial charge >= 0.3 is 5.97 Å². The van der Waals surface area contributed by atoms with Gasteiger partial charge in [-0.3, -0.25) is 4.79 Å². The summed E-state index contributed by atoms with van der Waals surface area (Å²) in [5.74, 6) is 0.0972. The Morgan fingerprint density at radius 2 is 2.36 bits per heavy atom. The Labute approximate surface area is 66.1 Å². The summed E-state index contributed by atoms with van der Waals surface area (Å²) in [5.41, 5.74) is 0.160. The summed E-state index contributed by atoms with van der Waals surface area (Å²) < 4.78 is 4.73. The standard InChI is InChI=1S/C8H13NO2/c1-11-7(10)6-2-5-9-8(6)3-4-8/h6,9H,2-5H2,1H3. The van der Waals surface area contributed by atoms with Crippen LogP contribution in [-0.2, 0) is 9.53 Å². The zero-order valence-corrected chi connectivity index (χ0v) is 6.72. The highest BCUT2D eigenvalue weighted by Crippen LogP contribution is 2.47.